The summed E-state index contributed by atoms with van der Waals surface area (Å²) in [5, 5.41) is 22.6. The van der Waals surface area contributed by atoms with Crippen LogP contribution >= 0.6 is 11.3 Å². The molecule has 0 aliphatic carbocycles. The Labute approximate surface area is 154 Å². The number of aryl methyl sites for hydroxylation is 1. The molecule has 1 amide bonds. The second-order valence-corrected chi connectivity index (χ2v) is 6.68. The molecular weight excluding hydrogens is 395 g/mol. The van der Waals surface area contributed by atoms with Gasteiger partial charge in [-0.15, -0.1) is 11.3 Å². The van der Waals surface area contributed by atoms with E-state index >= 15 is 0 Å². The van der Waals surface area contributed by atoms with E-state index in [-0.39, 0.29) is 11.3 Å². The van der Waals surface area contributed by atoms with Gasteiger partial charge in [0.2, 0.25) is 11.5 Å². The summed E-state index contributed by atoms with van der Waals surface area (Å²) in [7, 11) is 0. The summed E-state index contributed by atoms with van der Waals surface area (Å²) in [6.45, 7) is 0.879. The van der Waals surface area contributed by atoms with E-state index < -0.39 is 53.4 Å². The monoisotopic (exact) mass is 410 g/mol. The molecule has 27 heavy (non-hydrogen) atoms. The van der Waals surface area contributed by atoms with E-state index in [2.05, 4.69) is 4.98 Å². The normalized spacial score (nSPS) is 15.3. The minimum absolute atomic E-state index is 0.0733. The van der Waals surface area contributed by atoms with Gasteiger partial charge >= 0.3 is 6.18 Å². The highest BCUT2D eigenvalue weighted by Crippen LogP contribution is 2.42. The Morgan fingerprint density at radius 2 is 1.96 bits per heavy atom. The molecule has 0 radical (unpaired) electrons. The number of carbonyl (C=O) groups excluding carboxylic acids is 1. The lowest BCUT2D eigenvalue weighted by Gasteiger charge is -2.28. The van der Waals surface area contributed by atoms with Crippen LogP contribution in [-0.4, -0.2) is 33.8 Å². The van der Waals surface area contributed by atoms with Gasteiger partial charge in [0, 0.05) is 17.6 Å². The number of alkyl halides is 3. The Morgan fingerprint density at radius 1 is 1.30 bits per heavy atom. The second kappa shape index (κ2) is 7.87. The molecule has 2 rings (SSSR count). The van der Waals surface area contributed by atoms with Gasteiger partial charge in [0.15, 0.2) is 11.6 Å². The molecule has 0 spiro atoms. The number of nitrogens with zero attached hydrogens (tertiary/aromatic N) is 1. The third-order valence-electron chi connectivity index (χ3n) is 3.68. The topological polar surface area (TPSA) is 82.5 Å². The number of aliphatic hydroxyl groups is 2. The van der Waals surface area contributed by atoms with Gasteiger partial charge in [-0.3, -0.25) is 4.79 Å². The van der Waals surface area contributed by atoms with Gasteiger partial charge in [-0.05, 0) is 24.6 Å². The zero-order valence-corrected chi connectivity index (χ0v) is 14.7. The van der Waals surface area contributed by atoms with Crippen molar-refractivity contribution in [2.45, 2.75) is 31.2 Å². The van der Waals surface area contributed by atoms with Gasteiger partial charge in [0.25, 0.3) is 0 Å². The minimum Gasteiger partial charge on any atom is -0.387 e. The largest absolute Gasteiger partial charge is 0.424 e. The summed E-state index contributed by atoms with van der Waals surface area (Å²) in [5.74, 6) is -3.56. The molecule has 1 aromatic heterocycles. The Balaban J connectivity index is 2.07. The highest BCUT2D eigenvalue weighted by molar-refractivity contribution is 7.09. The molecule has 148 valence electrons. The number of benzene rings is 1. The number of amides is 1. The van der Waals surface area contributed by atoms with Crippen molar-refractivity contribution < 1.29 is 37.0 Å². The molecule has 1 aromatic carbocycles. The number of nitrogens with one attached hydrogen (secondary N) is 1. The molecular formula is C16H15F5N2O3S. The number of hydrogen-bond acceptors (Lipinski definition) is 5. The van der Waals surface area contributed by atoms with E-state index in [1.807, 2.05) is 5.32 Å². The fourth-order valence-corrected chi connectivity index (χ4v) is 3.10. The van der Waals surface area contributed by atoms with Crippen LogP contribution in [0.15, 0.2) is 23.6 Å². The van der Waals surface area contributed by atoms with Crippen LogP contribution < -0.4 is 5.32 Å². The molecule has 1 heterocycles. The van der Waals surface area contributed by atoms with Crippen molar-refractivity contribution in [3.8, 4) is 0 Å². The van der Waals surface area contributed by atoms with Gasteiger partial charge in [0.1, 0.15) is 5.01 Å². The van der Waals surface area contributed by atoms with Gasteiger partial charge < -0.3 is 15.5 Å². The van der Waals surface area contributed by atoms with Crippen LogP contribution in [0.3, 0.4) is 0 Å². The summed E-state index contributed by atoms with van der Waals surface area (Å²) in [6.07, 6.45) is -8.01. The average molecular weight is 410 g/mol. The average Bonchev–Trinajstić information content (AvgIpc) is 3.01. The fourth-order valence-electron chi connectivity index (χ4n) is 2.18. The molecule has 0 bridgehead atoms. The summed E-state index contributed by atoms with van der Waals surface area (Å²) < 4.78 is 66.0. The highest BCUT2D eigenvalue weighted by Gasteiger charge is 2.58. The SMILES string of the molecule is Cc1csc([C@](O)(CC(=O)NC[C@@H](O)c2ccc(F)c(F)c2)C(F)(F)F)n1. The van der Waals surface area contributed by atoms with E-state index in [4.69, 9.17) is 0 Å². The molecule has 0 saturated carbocycles. The molecule has 2 aromatic rings. The number of halogens is 5. The number of hydrogen-bond donors (Lipinski definition) is 3. The smallest absolute Gasteiger partial charge is 0.387 e. The zero-order chi connectivity index (χ0) is 20.4. The van der Waals surface area contributed by atoms with Crippen molar-refractivity contribution in [3.63, 3.8) is 0 Å². The Hall–Kier alpha value is -2.11. The Bertz CT molecular complexity index is 827. The number of rotatable bonds is 6. The third kappa shape index (κ3) is 4.79. The van der Waals surface area contributed by atoms with Crippen LogP contribution in [0.25, 0.3) is 0 Å². The Kier molecular flexibility index (Phi) is 6.17. The maximum Gasteiger partial charge on any atom is 0.424 e. The van der Waals surface area contributed by atoms with Crippen LogP contribution in [0, 0.1) is 18.6 Å². The van der Waals surface area contributed by atoms with Crippen LogP contribution in [0.1, 0.15) is 28.8 Å². The van der Waals surface area contributed by atoms with Crippen molar-refractivity contribution in [1.82, 2.24) is 10.3 Å². The van der Waals surface area contributed by atoms with Crippen LogP contribution in [0.5, 0.6) is 0 Å². The summed E-state index contributed by atoms with van der Waals surface area (Å²) >= 11 is 0.562. The predicted molar refractivity (Wildman–Crippen MR) is 85.7 cm³/mol. The fraction of sp³-hybridized carbons (Fsp3) is 0.375. The predicted octanol–water partition coefficient (Wildman–Crippen LogP) is 2.72. The molecule has 2 atom stereocenters. The van der Waals surface area contributed by atoms with Crippen molar-refractivity contribution in [3.05, 3.63) is 51.5 Å². The maximum atomic E-state index is 13.3. The first kappa shape index (κ1) is 21.2. The first-order valence-corrected chi connectivity index (χ1v) is 8.43. The van der Waals surface area contributed by atoms with E-state index in [1.165, 1.54) is 12.3 Å². The summed E-state index contributed by atoms with van der Waals surface area (Å²) in [6, 6.07) is 2.54. The molecule has 0 saturated heterocycles. The first-order valence-electron chi connectivity index (χ1n) is 7.55. The number of aromatic nitrogens is 1. The van der Waals surface area contributed by atoms with Gasteiger partial charge in [-0.25, -0.2) is 13.8 Å². The second-order valence-electron chi connectivity index (χ2n) is 5.82. The molecule has 0 fully saturated rings. The maximum absolute atomic E-state index is 13.3. The third-order valence-corrected chi connectivity index (χ3v) is 4.79. The molecule has 3 N–H and O–H groups in total. The van der Waals surface area contributed by atoms with E-state index in [0.717, 1.165) is 12.1 Å². The molecule has 0 unspecified atom stereocenters. The lowest BCUT2D eigenvalue weighted by Crippen LogP contribution is -2.46. The van der Waals surface area contributed by atoms with Crippen LogP contribution in [0.4, 0.5) is 22.0 Å². The lowest BCUT2D eigenvalue weighted by atomic mass is 9.99. The van der Waals surface area contributed by atoms with Crippen molar-refractivity contribution in [1.29, 1.82) is 0 Å². The van der Waals surface area contributed by atoms with Crippen LogP contribution in [0.2, 0.25) is 0 Å². The molecule has 5 nitrogen and oxygen atoms in total. The van der Waals surface area contributed by atoms with Crippen molar-refractivity contribution in [2.24, 2.45) is 0 Å². The van der Waals surface area contributed by atoms with Crippen LogP contribution in [-0.2, 0) is 10.4 Å². The van der Waals surface area contributed by atoms with E-state index in [9.17, 15) is 37.0 Å². The van der Waals surface area contributed by atoms with Crippen molar-refractivity contribution in [2.75, 3.05) is 6.54 Å². The molecule has 11 heteroatoms. The Morgan fingerprint density at radius 3 is 2.48 bits per heavy atom. The summed E-state index contributed by atoms with van der Waals surface area (Å²) in [4.78, 5) is 15.5. The highest BCUT2D eigenvalue weighted by atomic mass is 32.1. The number of thiazole rings is 1. The van der Waals surface area contributed by atoms with E-state index in [0.29, 0.717) is 17.4 Å². The molecule has 0 aliphatic heterocycles. The zero-order valence-electron chi connectivity index (χ0n) is 13.8. The van der Waals surface area contributed by atoms with Gasteiger partial charge in [0.05, 0.1) is 12.5 Å². The van der Waals surface area contributed by atoms with Gasteiger partial charge in [-0.1, -0.05) is 6.07 Å². The standard InChI is InChI=1S/C16H15F5N2O3S/c1-8-7-27-14(23-8)15(26,16(19,20)21)5-13(25)22-6-12(24)9-2-3-10(17)11(18)4-9/h2-4,7,12,24,26H,5-6H2,1H3,(H,22,25)/t12-,15-/m1/s1. The number of carbonyl (C=O) groups is 1. The lowest BCUT2D eigenvalue weighted by molar-refractivity contribution is -0.267. The molecule has 0 aliphatic rings. The van der Waals surface area contributed by atoms with Gasteiger partial charge in [-0.2, -0.15) is 13.2 Å². The first-order chi connectivity index (χ1) is 12.4. The quantitative estimate of drug-likeness (QED) is 0.640. The van der Waals surface area contributed by atoms with Crippen molar-refractivity contribution >= 4 is 17.2 Å². The minimum atomic E-state index is -5.16. The number of aliphatic hydroxyl groups excluding tert-OH is 1. The summed E-state index contributed by atoms with van der Waals surface area (Å²) in [5.41, 5.74) is -3.30. The van der Waals surface area contributed by atoms with E-state index in [1.54, 1.807) is 0 Å².